The molecule has 1 aromatic carbocycles. The van der Waals surface area contributed by atoms with E-state index in [0.29, 0.717) is 0 Å². The first-order chi connectivity index (χ1) is 8.74. The second-order valence-electron chi connectivity index (χ2n) is 4.22. The zero-order chi connectivity index (χ0) is 12.5. The fraction of sp³-hybridized carbons (Fsp3) is 0.143. The zero-order valence-corrected chi connectivity index (χ0v) is 10.8. The van der Waals surface area contributed by atoms with E-state index in [4.69, 9.17) is 5.73 Å². The third-order valence-corrected chi connectivity index (χ3v) is 3.91. The van der Waals surface area contributed by atoms with Crippen molar-refractivity contribution >= 4 is 22.2 Å². The highest BCUT2D eigenvalue weighted by molar-refractivity contribution is 7.11. The lowest BCUT2D eigenvalue weighted by atomic mass is 10.1. The van der Waals surface area contributed by atoms with Crippen molar-refractivity contribution in [1.29, 1.82) is 0 Å². The normalized spacial score (nSPS) is 12.8. The van der Waals surface area contributed by atoms with Gasteiger partial charge in [-0.2, -0.15) is 0 Å². The molecule has 0 radical (unpaired) electrons. The number of aromatic nitrogens is 2. The zero-order valence-electron chi connectivity index (χ0n) is 10.00. The lowest BCUT2D eigenvalue weighted by Gasteiger charge is -2.09. The van der Waals surface area contributed by atoms with Gasteiger partial charge in [-0.3, -0.25) is 4.98 Å². The van der Waals surface area contributed by atoms with E-state index in [0.717, 1.165) is 26.4 Å². The molecule has 2 aromatic heterocycles. The van der Waals surface area contributed by atoms with Crippen LogP contribution in [0.5, 0.6) is 0 Å². The van der Waals surface area contributed by atoms with Crippen LogP contribution in [0.4, 0.5) is 0 Å². The van der Waals surface area contributed by atoms with Crippen LogP contribution in [-0.4, -0.2) is 9.97 Å². The van der Waals surface area contributed by atoms with Crippen LogP contribution in [0.2, 0.25) is 0 Å². The Kier molecular flexibility index (Phi) is 2.81. The number of pyridine rings is 1. The van der Waals surface area contributed by atoms with Crippen LogP contribution in [-0.2, 0) is 0 Å². The first-order valence-corrected chi connectivity index (χ1v) is 6.58. The Morgan fingerprint density at radius 1 is 1.17 bits per heavy atom. The predicted octanol–water partition coefficient (Wildman–Crippen LogP) is 3.05. The van der Waals surface area contributed by atoms with Crippen LogP contribution in [0, 0.1) is 6.92 Å². The van der Waals surface area contributed by atoms with Gasteiger partial charge in [-0.15, -0.1) is 11.3 Å². The van der Waals surface area contributed by atoms with Crippen molar-refractivity contribution in [2.45, 2.75) is 13.0 Å². The number of rotatable bonds is 2. The lowest BCUT2D eigenvalue weighted by Crippen LogP contribution is -2.10. The SMILES string of the molecule is Cc1ncc(C(N)c2cnc3ccccc3c2)s1. The van der Waals surface area contributed by atoms with E-state index in [-0.39, 0.29) is 6.04 Å². The molecule has 0 saturated heterocycles. The molecular formula is C14H13N3S. The molecule has 18 heavy (non-hydrogen) atoms. The van der Waals surface area contributed by atoms with E-state index in [1.165, 1.54) is 0 Å². The summed E-state index contributed by atoms with van der Waals surface area (Å²) in [7, 11) is 0. The van der Waals surface area contributed by atoms with Gasteiger partial charge >= 0.3 is 0 Å². The molecule has 0 amide bonds. The predicted molar refractivity (Wildman–Crippen MR) is 74.6 cm³/mol. The van der Waals surface area contributed by atoms with Gasteiger partial charge in [-0.25, -0.2) is 4.98 Å². The van der Waals surface area contributed by atoms with Gasteiger partial charge in [0.2, 0.25) is 0 Å². The van der Waals surface area contributed by atoms with E-state index in [2.05, 4.69) is 22.1 Å². The number of benzene rings is 1. The Hall–Kier alpha value is -1.78. The minimum absolute atomic E-state index is 0.145. The Labute approximate surface area is 109 Å². The maximum Gasteiger partial charge on any atom is 0.0897 e. The maximum absolute atomic E-state index is 6.25. The molecule has 2 N–H and O–H groups in total. The highest BCUT2D eigenvalue weighted by atomic mass is 32.1. The van der Waals surface area contributed by atoms with Gasteiger partial charge in [0.15, 0.2) is 0 Å². The number of thiazole rings is 1. The molecular weight excluding hydrogens is 242 g/mol. The van der Waals surface area contributed by atoms with Crippen LogP contribution in [0.3, 0.4) is 0 Å². The van der Waals surface area contributed by atoms with Gasteiger partial charge in [0, 0.05) is 22.7 Å². The average Bonchev–Trinajstić information content (AvgIpc) is 2.84. The van der Waals surface area contributed by atoms with Crippen molar-refractivity contribution in [3.05, 3.63) is 58.2 Å². The van der Waals surface area contributed by atoms with E-state index in [9.17, 15) is 0 Å². The Morgan fingerprint density at radius 3 is 2.78 bits per heavy atom. The quantitative estimate of drug-likeness (QED) is 0.765. The summed E-state index contributed by atoms with van der Waals surface area (Å²) in [6, 6.07) is 10.0. The number of hydrogen-bond acceptors (Lipinski definition) is 4. The van der Waals surface area contributed by atoms with Gasteiger partial charge in [0.1, 0.15) is 0 Å². The molecule has 3 rings (SSSR count). The average molecular weight is 255 g/mol. The van der Waals surface area contributed by atoms with E-state index in [1.807, 2.05) is 37.5 Å². The van der Waals surface area contributed by atoms with Crippen LogP contribution in [0.15, 0.2) is 42.7 Å². The number of hydrogen-bond donors (Lipinski definition) is 1. The van der Waals surface area contributed by atoms with E-state index >= 15 is 0 Å². The summed E-state index contributed by atoms with van der Waals surface area (Å²) in [5.41, 5.74) is 8.27. The molecule has 0 fully saturated rings. The third kappa shape index (κ3) is 2.00. The molecule has 0 bridgehead atoms. The second-order valence-corrected chi connectivity index (χ2v) is 5.49. The summed E-state index contributed by atoms with van der Waals surface area (Å²) in [6.45, 7) is 1.99. The minimum atomic E-state index is -0.145. The fourth-order valence-electron chi connectivity index (χ4n) is 1.94. The van der Waals surface area contributed by atoms with Gasteiger partial charge in [0.05, 0.1) is 16.6 Å². The van der Waals surface area contributed by atoms with Crippen LogP contribution >= 0.6 is 11.3 Å². The van der Waals surface area contributed by atoms with Gasteiger partial charge in [-0.05, 0) is 24.6 Å². The molecule has 0 spiro atoms. The van der Waals surface area contributed by atoms with Gasteiger partial charge in [0.25, 0.3) is 0 Å². The van der Waals surface area contributed by atoms with Crippen molar-refractivity contribution in [3.8, 4) is 0 Å². The molecule has 0 aliphatic heterocycles. The van der Waals surface area contributed by atoms with Gasteiger partial charge in [-0.1, -0.05) is 18.2 Å². The summed E-state index contributed by atoms with van der Waals surface area (Å²) in [4.78, 5) is 9.76. The highest BCUT2D eigenvalue weighted by Gasteiger charge is 2.12. The first kappa shape index (κ1) is 11.3. The van der Waals surface area contributed by atoms with Crippen molar-refractivity contribution in [1.82, 2.24) is 9.97 Å². The Bertz CT molecular complexity index is 690. The van der Waals surface area contributed by atoms with Crippen molar-refractivity contribution in [2.24, 2.45) is 5.73 Å². The smallest absolute Gasteiger partial charge is 0.0897 e. The van der Waals surface area contributed by atoms with Crippen LogP contribution in [0.1, 0.15) is 21.5 Å². The Morgan fingerprint density at radius 2 is 2.00 bits per heavy atom. The first-order valence-electron chi connectivity index (χ1n) is 5.76. The molecule has 3 nitrogen and oxygen atoms in total. The molecule has 0 aliphatic carbocycles. The summed E-state index contributed by atoms with van der Waals surface area (Å²) in [5, 5.41) is 2.15. The molecule has 1 atom stereocenters. The number of fused-ring (bicyclic) bond motifs is 1. The highest BCUT2D eigenvalue weighted by Crippen LogP contribution is 2.25. The molecule has 3 aromatic rings. The molecule has 0 aliphatic rings. The van der Waals surface area contributed by atoms with Crippen molar-refractivity contribution in [2.75, 3.05) is 0 Å². The fourth-order valence-corrected chi connectivity index (χ4v) is 2.76. The van der Waals surface area contributed by atoms with Crippen LogP contribution < -0.4 is 5.73 Å². The monoisotopic (exact) mass is 255 g/mol. The largest absolute Gasteiger partial charge is 0.320 e. The van der Waals surface area contributed by atoms with Crippen molar-refractivity contribution in [3.63, 3.8) is 0 Å². The standard InChI is InChI=1S/C14H13N3S/c1-9-16-8-13(18-9)14(15)11-6-10-4-2-3-5-12(10)17-7-11/h2-8,14H,15H2,1H3. The molecule has 0 saturated carbocycles. The van der Waals surface area contributed by atoms with E-state index in [1.54, 1.807) is 11.3 Å². The molecule has 90 valence electrons. The summed E-state index contributed by atoms with van der Waals surface area (Å²) < 4.78 is 0. The topological polar surface area (TPSA) is 51.8 Å². The van der Waals surface area contributed by atoms with Crippen LogP contribution in [0.25, 0.3) is 10.9 Å². The second kappa shape index (κ2) is 4.48. The van der Waals surface area contributed by atoms with Gasteiger partial charge < -0.3 is 5.73 Å². The third-order valence-electron chi connectivity index (χ3n) is 2.92. The Balaban J connectivity index is 2.03. The van der Waals surface area contributed by atoms with Crippen molar-refractivity contribution < 1.29 is 0 Å². The number of aryl methyl sites for hydroxylation is 1. The summed E-state index contributed by atoms with van der Waals surface area (Å²) >= 11 is 1.63. The molecule has 2 heterocycles. The number of para-hydroxylation sites is 1. The summed E-state index contributed by atoms with van der Waals surface area (Å²) in [6.07, 6.45) is 3.70. The molecule has 1 unspecified atom stereocenters. The molecule has 4 heteroatoms. The number of nitrogens with two attached hydrogens (primary N) is 1. The van der Waals surface area contributed by atoms with E-state index < -0.39 is 0 Å². The summed E-state index contributed by atoms with van der Waals surface area (Å²) in [5.74, 6) is 0. The minimum Gasteiger partial charge on any atom is -0.320 e. The maximum atomic E-state index is 6.25. The number of nitrogens with zero attached hydrogens (tertiary/aromatic N) is 2. The lowest BCUT2D eigenvalue weighted by molar-refractivity contribution is 0.884.